The van der Waals surface area contributed by atoms with Crippen LogP contribution in [0.4, 0.5) is 34.1 Å². The van der Waals surface area contributed by atoms with Gasteiger partial charge in [0.05, 0.1) is 0 Å². The van der Waals surface area contributed by atoms with Crippen LogP contribution in [0.5, 0.6) is 0 Å². The van der Waals surface area contributed by atoms with Crippen molar-refractivity contribution in [2.45, 2.75) is 62.3 Å². The van der Waals surface area contributed by atoms with Gasteiger partial charge in [-0.15, -0.1) is 0 Å². The number of aryl methyl sites for hydroxylation is 5. The molecule has 0 N–H and O–H groups in total. The summed E-state index contributed by atoms with van der Waals surface area (Å²) in [5, 5.41) is 9.01. The summed E-state index contributed by atoms with van der Waals surface area (Å²) in [6.07, 6.45) is 0. The van der Waals surface area contributed by atoms with E-state index in [1.807, 2.05) is 0 Å². The lowest BCUT2D eigenvalue weighted by atomic mass is 9.99. The van der Waals surface area contributed by atoms with Crippen molar-refractivity contribution >= 4 is 99.5 Å². The summed E-state index contributed by atoms with van der Waals surface area (Å²) in [4.78, 5) is 4.80. The monoisotopic (exact) mass is 818 g/mol. The van der Waals surface area contributed by atoms with Crippen molar-refractivity contribution in [2.75, 3.05) is 9.80 Å². The van der Waals surface area contributed by atoms with E-state index in [9.17, 15) is 0 Å². The van der Waals surface area contributed by atoms with Crippen molar-refractivity contribution in [1.29, 1.82) is 0 Å². The molecule has 11 rings (SSSR count). The van der Waals surface area contributed by atoms with Crippen LogP contribution in [0, 0.1) is 62.3 Å². The topological polar surface area (TPSA) is 32.8 Å². The quantitative estimate of drug-likeness (QED) is 0.167. The van der Waals surface area contributed by atoms with Gasteiger partial charge in [0.15, 0.2) is 0 Å². The summed E-state index contributed by atoms with van der Waals surface area (Å²) in [7, 11) is 0. The Hall–Kier alpha value is -7.30. The molecule has 0 spiro atoms. The van der Waals surface area contributed by atoms with Crippen LogP contribution in [0.2, 0.25) is 0 Å². The van der Waals surface area contributed by atoms with Crippen molar-refractivity contribution in [1.82, 2.24) is 0 Å². The molecule has 0 bridgehead atoms. The van der Waals surface area contributed by atoms with Gasteiger partial charge in [0.1, 0.15) is 22.3 Å². The zero-order valence-corrected chi connectivity index (χ0v) is 37.5. The SMILES string of the molecule is Cc1ccccc1N(c1ccc2cc3c(cc2c1)oc1c(C)c2oc4cc5cc(N(c6ccccc6C)c6ccc(C)c(C)c6C)ccc5cc4c2cc13)c1ccc(C)c(C)c1C. The lowest BCUT2D eigenvalue weighted by Crippen LogP contribution is -2.13. The van der Waals surface area contributed by atoms with Crippen molar-refractivity contribution < 1.29 is 8.83 Å². The van der Waals surface area contributed by atoms with E-state index >= 15 is 0 Å². The van der Waals surface area contributed by atoms with Crippen LogP contribution in [0.25, 0.3) is 65.4 Å². The number of furan rings is 2. The normalized spacial score (nSPS) is 11.9. The molecule has 0 atom stereocenters. The highest BCUT2D eigenvalue weighted by molar-refractivity contribution is 6.20. The average Bonchev–Trinajstić information content (AvgIpc) is 3.83. The lowest BCUT2D eigenvalue weighted by Gasteiger charge is -2.29. The Morgan fingerprint density at radius 1 is 0.302 bits per heavy atom. The molecule has 0 aliphatic heterocycles. The highest BCUT2D eigenvalue weighted by atomic mass is 16.3. The van der Waals surface area contributed by atoms with Crippen molar-refractivity contribution in [3.63, 3.8) is 0 Å². The number of benzene rings is 9. The minimum absolute atomic E-state index is 0.865. The first kappa shape index (κ1) is 38.6. The Balaban J connectivity index is 1.03. The van der Waals surface area contributed by atoms with Gasteiger partial charge in [-0.25, -0.2) is 0 Å². The van der Waals surface area contributed by atoms with Gasteiger partial charge in [0, 0.05) is 61.2 Å². The summed E-state index contributed by atoms with van der Waals surface area (Å²) >= 11 is 0. The molecule has 11 aromatic rings. The summed E-state index contributed by atoms with van der Waals surface area (Å²) in [5.41, 5.74) is 21.7. The molecule has 2 heterocycles. The van der Waals surface area contributed by atoms with Crippen LogP contribution >= 0.6 is 0 Å². The summed E-state index contributed by atoms with van der Waals surface area (Å²) < 4.78 is 13.6. The van der Waals surface area contributed by atoms with E-state index in [1.54, 1.807) is 0 Å². The van der Waals surface area contributed by atoms with Gasteiger partial charge < -0.3 is 18.6 Å². The fourth-order valence-electron chi connectivity index (χ4n) is 9.87. The molecule has 0 aliphatic rings. The van der Waals surface area contributed by atoms with E-state index in [0.717, 1.165) is 71.6 Å². The predicted molar refractivity (Wildman–Crippen MR) is 268 cm³/mol. The van der Waals surface area contributed by atoms with Crippen LogP contribution in [-0.2, 0) is 0 Å². The van der Waals surface area contributed by atoms with Crippen molar-refractivity contribution in [3.8, 4) is 0 Å². The molecule has 0 unspecified atom stereocenters. The molecule has 0 saturated carbocycles. The molecule has 0 aliphatic carbocycles. The minimum atomic E-state index is 0.865. The van der Waals surface area contributed by atoms with E-state index in [0.29, 0.717) is 0 Å². The van der Waals surface area contributed by atoms with E-state index in [-0.39, 0.29) is 0 Å². The summed E-state index contributed by atoms with van der Waals surface area (Å²) in [6, 6.07) is 51.2. The minimum Gasteiger partial charge on any atom is -0.456 e. The number of hydrogen-bond acceptors (Lipinski definition) is 4. The van der Waals surface area contributed by atoms with Crippen molar-refractivity contribution in [3.05, 3.63) is 190 Å². The Morgan fingerprint density at radius 3 is 1.16 bits per heavy atom. The smallest absolute Gasteiger partial charge is 0.142 e. The third-order valence-corrected chi connectivity index (χ3v) is 14.1. The van der Waals surface area contributed by atoms with Gasteiger partial charge in [0.25, 0.3) is 0 Å². The molecular weight excluding hydrogens is 769 g/mol. The van der Waals surface area contributed by atoms with Crippen LogP contribution in [-0.4, -0.2) is 0 Å². The van der Waals surface area contributed by atoms with Crippen LogP contribution < -0.4 is 9.80 Å². The number of hydrogen-bond donors (Lipinski definition) is 0. The highest BCUT2D eigenvalue weighted by Crippen LogP contribution is 2.46. The summed E-state index contributed by atoms with van der Waals surface area (Å²) in [5.74, 6) is 0. The van der Waals surface area contributed by atoms with Gasteiger partial charge >= 0.3 is 0 Å². The molecule has 9 aromatic carbocycles. The maximum Gasteiger partial charge on any atom is 0.142 e. The Morgan fingerprint density at radius 2 is 0.730 bits per heavy atom. The first-order valence-corrected chi connectivity index (χ1v) is 22.0. The van der Waals surface area contributed by atoms with Gasteiger partial charge in [0.2, 0.25) is 0 Å². The standard InChI is InChI=1S/C59H50N2O2/c1-33-18-24-54(39(7)37(33)5)60(52-16-12-10-14-35(52)3)46-22-20-42-28-48-50-32-51-49-29-43-21-23-47(61(53-17-13-11-15-36(53)4)55-25-19-34(2)38(6)40(55)8)27-45(43)31-57(49)63-59(51)41(9)58(50)62-56(48)30-44(42)26-46/h10-32H,1-9H3. The first-order valence-electron chi connectivity index (χ1n) is 22.0. The number of rotatable bonds is 6. The second-order valence-electron chi connectivity index (χ2n) is 17.8. The van der Waals surface area contributed by atoms with Crippen LogP contribution in [0.15, 0.2) is 148 Å². The molecule has 308 valence electrons. The summed E-state index contributed by atoms with van der Waals surface area (Å²) in [6.45, 7) is 19.8. The first-order chi connectivity index (χ1) is 30.4. The third kappa shape index (κ3) is 6.03. The number of fused-ring (bicyclic) bond motifs is 8. The maximum atomic E-state index is 6.79. The zero-order valence-electron chi connectivity index (χ0n) is 37.5. The zero-order chi connectivity index (χ0) is 43.4. The van der Waals surface area contributed by atoms with Gasteiger partial charge in [-0.05, 0) is 207 Å². The molecular formula is C59H50N2O2. The molecule has 0 radical (unpaired) electrons. The van der Waals surface area contributed by atoms with E-state index < -0.39 is 0 Å². The van der Waals surface area contributed by atoms with Gasteiger partial charge in [-0.3, -0.25) is 0 Å². The average molecular weight is 819 g/mol. The van der Waals surface area contributed by atoms with E-state index in [2.05, 4.69) is 212 Å². The predicted octanol–water partition coefficient (Wildman–Crippen LogP) is 17.5. The number of nitrogens with zero attached hydrogens (tertiary/aromatic N) is 2. The number of anilines is 6. The van der Waals surface area contributed by atoms with Crippen LogP contribution in [0.1, 0.15) is 50.1 Å². The van der Waals surface area contributed by atoms with Crippen LogP contribution in [0.3, 0.4) is 0 Å². The molecule has 0 saturated heterocycles. The lowest BCUT2D eigenvalue weighted by molar-refractivity contribution is 0.651. The van der Waals surface area contributed by atoms with E-state index in [1.165, 1.54) is 78.0 Å². The third-order valence-electron chi connectivity index (χ3n) is 14.1. The van der Waals surface area contributed by atoms with Crippen molar-refractivity contribution in [2.24, 2.45) is 0 Å². The molecule has 63 heavy (non-hydrogen) atoms. The molecule has 0 amide bonds. The molecule has 0 fully saturated rings. The second kappa shape index (κ2) is 14.4. The highest BCUT2D eigenvalue weighted by Gasteiger charge is 2.23. The fourth-order valence-corrected chi connectivity index (χ4v) is 9.87. The Labute approximate surface area is 368 Å². The van der Waals surface area contributed by atoms with E-state index in [4.69, 9.17) is 8.83 Å². The number of para-hydroxylation sites is 2. The Kier molecular flexibility index (Phi) is 8.82. The molecule has 4 heteroatoms. The largest absolute Gasteiger partial charge is 0.456 e. The fraction of sp³-hybridized carbons (Fsp3) is 0.153. The van der Waals surface area contributed by atoms with Gasteiger partial charge in [-0.2, -0.15) is 0 Å². The molecule has 4 nitrogen and oxygen atoms in total. The Bertz CT molecular complexity index is 3460. The maximum absolute atomic E-state index is 6.79. The van der Waals surface area contributed by atoms with Gasteiger partial charge in [-0.1, -0.05) is 60.7 Å². The molecule has 2 aromatic heterocycles. The second-order valence-corrected chi connectivity index (χ2v) is 17.8.